The molecule has 1 aromatic carbocycles. The van der Waals surface area contributed by atoms with Gasteiger partial charge in [0.05, 0.1) is 17.7 Å². The van der Waals surface area contributed by atoms with Gasteiger partial charge in [0.15, 0.2) is 0 Å². The summed E-state index contributed by atoms with van der Waals surface area (Å²) < 4.78 is 7.59. The normalized spacial score (nSPS) is 10.5. The number of ether oxygens (including phenoxy) is 1. The SMILES string of the molecule is COc1cc(NCc2cn(C)c(=O)n(C)c2=O)ccc1Cl. The average Bonchev–Trinajstić information content (AvgIpc) is 2.48. The van der Waals surface area contributed by atoms with Crippen LogP contribution in [0.5, 0.6) is 5.75 Å². The molecule has 2 rings (SSSR count). The van der Waals surface area contributed by atoms with Gasteiger partial charge in [-0.1, -0.05) is 11.6 Å². The number of methoxy groups -OCH3 is 1. The Morgan fingerprint density at radius 2 is 2.00 bits per heavy atom. The topological polar surface area (TPSA) is 65.3 Å². The van der Waals surface area contributed by atoms with Gasteiger partial charge in [-0.2, -0.15) is 0 Å². The smallest absolute Gasteiger partial charge is 0.330 e. The summed E-state index contributed by atoms with van der Waals surface area (Å²) in [4.78, 5) is 23.6. The fourth-order valence-electron chi connectivity index (χ4n) is 1.97. The van der Waals surface area contributed by atoms with Gasteiger partial charge in [-0.15, -0.1) is 0 Å². The summed E-state index contributed by atoms with van der Waals surface area (Å²) in [6.45, 7) is 0.297. The van der Waals surface area contributed by atoms with Crippen molar-refractivity contribution in [2.24, 2.45) is 14.1 Å². The zero-order chi connectivity index (χ0) is 15.6. The monoisotopic (exact) mass is 309 g/mol. The highest BCUT2D eigenvalue weighted by Gasteiger charge is 2.07. The first-order chi connectivity index (χ1) is 9.93. The van der Waals surface area contributed by atoms with Crippen molar-refractivity contribution in [1.82, 2.24) is 9.13 Å². The number of rotatable bonds is 4. The maximum atomic E-state index is 12.0. The first kappa shape index (κ1) is 15.2. The van der Waals surface area contributed by atoms with Gasteiger partial charge in [0.2, 0.25) is 0 Å². The second-order valence-corrected chi connectivity index (χ2v) is 5.02. The maximum absolute atomic E-state index is 12.0. The molecule has 1 heterocycles. The zero-order valence-corrected chi connectivity index (χ0v) is 12.8. The molecule has 0 radical (unpaired) electrons. The van der Waals surface area contributed by atoms with Gasteiger partial charge in [-0.05, 0) is 12.1 Å². The third-order valence-corrected chi connectivity index (χ3v) is 3.46. The number of aryl methyl sites for hydroxylation is 1. The summed E-state index contributed by atoms with van der Waals surface area (Å²) in [7, 11) is 4.60. The minimum atomic E-state index is -0.350. The van der Waals surface area contributed by atoms with Crippen LogP contribution in [0.1, 0.15) is 5.56 Å². The highest BCUT2D eigenvalue weighted by molar-refractivity contribution is 6.32. The van der Waals surface area contributed by atoms with Crippen LogP contribution in [0, 0.1) is 0 Å². The molecule has 0 amide bonds. The van der Waals surface area contributed by atoms with Crippen molar-refractivity contribution in [3.63, 3.8) is 0 Å². The van der Waals surface area contributed by atoms with Crippen LogP contribution < -0.4 is 21.3 Å². The lowest BCUT2D eigenvalue weighted by Gasteiger charge is -2.10. The second kappa shape index (κ2) is 6.05. The molecule has 0 aliphatic heterocycles. The molecule has 0 aliphatic rings. The van der Waals surface area contributed by atoms with E-state index in [0.29, 0.717) is 22.9 Å². The van der Waals surface area contributed by atoms with Gasteiger partial charge in [0.25, 0.3) is 5.56 Å². The van der Waals surface area contributed by atoms with E-state index in [2.05, 4.69) is 5.32 Å². The quantitative estimate of drug-likeness (QED) is 0.926. The summed E-state index contributed by atoms with van der Waals surface area (Å²) in [5.74, 6) is 0.551. The summed E-state index contributed by atoms with van der Waals surface area (Å²) in [5.41, 5.74) is 0.601. The van der Waals surface area contributed by atoms with Crippen molar-refractivity contribution < 1.29 is 4.74 Å². The molecule has 21 heavy (non-hydrogen) atoms. The summed E-state index contributed by atoms with van der Waals surface area (Å²) in [6, 6.07) is 5.24. The Bertz CT molecular complexity index is 780. The molecular formula is C14H16ClN3O3. The molecule has 7 heteroatoms. The van der Waals surface area contributed by atoms with Crippen LogP contribution in [0.2, 0.25) is 5.02 Å². The van der Waals surface area contributed by atoms with E-state index in [4.69, 9.17) is 16.3 Å². The first-order valence-corrected chi connectivity index (χ1v) is 6.64. The average molecular weight is 310 g/mol. The molecule has 1 aromatic heterocycles. The lowest BCUT2D eigenvalue weighted by molar-refractivity contribution is 0.415. The third-order valence-electron chi connectivity index (χ3n) is 3.15. The molecule has 2 aromatic rings. The van der Waals surface area contributed by atoms with Crippen molar-refractivity contribution >= 4 is 17.3 Å². The van der Waals surface area contributed by atoms with Crippen LogP contribution in [0.25, 0.3) is 0 Å². The minimum Gasteiger partial charge on any atom is -0.495 e. The van der Waals surface area contributed by atoms with E-state index in [9.17, 15) is 9.59 Å². The van der Waals surface area contributed by atoms with E-state index < -0.39 is 0 Å². The second-order valence-electron chi connectivity index (χ2n) is 4.61. The van der Waals surface area contributed by atoms with Crippen LogP contribution in [0.4, 0.5) is 5.69 Å². The largest absolute Gasteiger partial charge is 0.495 e. The number of halogens is 1. The molecule has 0 fully saturated rings. The number of anilines is 1. The van der Waals surface area contributed by atoms with Gasteiger partial charge in [0.1, 0.15) is 5.75 Å². The van der Waals surface area contributed by atoms with E-state index >= 15 is 0 Å². The minimum absolute atomic E-state index is 0.297. The molecule has 0 unspecified atom stereocenters. The van der Waals surface area contributed by atoms with E-state index in [1.807, 2.05) is 0 Å². The predicted octanol–water partition coefficient (Wildman–Crippen LogP) is 1.36. The highest BCUT2D eigenvalue weighted by atomic mass is 35.5. The molecule has 0 bridgehead atoms. The first-order valence-electron chi connectivity index (χ1n) is 6.27. The van der Waals surface area contributed by atoms with Crippen LogP contribution in [-0.4, -0.2) is 16.2 Å². The van der Waals surface area contributed by atoms with Crippen LogP contribution in [-0.2, 0) is 20.6 Å². The molecule has 0 aliphatic carbocycles. The number of nitrogens with zero attached hydrogens (tertiary/aromatic N) is 2. The van der Waals surface area contributed by atoms with Gasteiger partial charge >= 0.3 is 5.69 Å². The lowest BCUT2D eigenvalue weighted by atomic mass is 10.2. The fourth-order valence-corrected chi connectivity index (χ4v) is 2.17. The number of aromatic nitrogens is 2. The fraction of sp³-hybridized carbons (Fsp3) is 0.286. The molecule has 0 spiro atoms. The van der Waals surface area contributed by atoms with Crippen molar-refractivity contribution in [1.29, 1.82) is 0 Å². The van der Waals surface area contributed by atoms with Gasteiger partial charge in [-0.3, -0.25) is 9.36 Å². The van der Waals surface area contributed by atoms with Gasteiger partial charge < -0.3 is 14.6 Å². The molecule has 0 atom stereocenters. The number of nitrogens with one attached hydrogen (secondary N) is 1. The van der Waals surface area contributed by atoms with E-state index in [-0.39, 0.29) is 11.2 Å². The molecule has 0 saturated heterocycles. The molecular weight excluding hydrogens is 294 g/mol. The van der Waals surface area contributed by atoms with Crippen LogP contribution in [0.15, 0.2) is 34.0 Å². The van der Waals surface area contributed by atoms with E-state index in [0.717, 1.165) is 10.3 Å². The zero-order valence-electron chi connectivity index (χ0n) is 12.0. The number of benzene rings is 1. The van der Waals surface area contributed by atoms with Crippen LogP contribution in [0.3, 0.4) is 0 Å². The molecule has 1 N–H and O–H groups in total. The highest BCUT2D eigenvalue weighted by Crippen LogP contribution is 2.27. The number of hydrogen-bond acceptors (Lipinski definition) is 4. The Balaban J connectivity index is 2.25. The maximum Gasteiger partial charge on any atom is 0.330 e. The number of hydrogen-bond donors (Lipinski definition) is 1. The summed E-state index contributed by atoms with van der Waals surface area (Å²) in [5, 5.41) is 3.63. The Kier molecular flexibility index (Phi) is 4.37. The lowest BCUT2D eigenvalue weighted by Crippen LogP contribution is -2.38. The van der Waals surface area contributed by atoms with Gasteiger partial charge in [-0.25, -0.2) is 4.79 Å². The van der Waals surface area contributed by atoms with Crippen LogP contribution >= 0.6 is 11.6 Å². The molecule has 6 nitrogen and oxygen atoms in total. The van der Waals surface area contributed by atoms with Crippen molar-refractivity contribution in [2.75, 3.05) is 12.4 Å². The Morgan fingerprint density at radius 3 is 2.67 bits per heavy atom. The van der Waals surface area contributed by atoms with E-state index in [1.54, 1.807) is 25.2 Å². The third kappa shape index (κ3) is 3.11. The van der Waals surface area contributed by atoms with E-state index in [1.165, 1.54) is 24.9 Å². The standard InChI is InChI=1S/C14H16ClN3O3/c1-17-8-9(13(19)18(2)14(17)20)7-16-10-4-5-11(15)12(6-10)21-3/h4-6,8,16H,7H2,1-3H3. The predicted molar refractivity (Wildman–Crippen MR) is 82.3 cm³/mol. The summed E-state index contributed by atoms with van der Waals surface area (Å²) >= 11 is 5.95. The Hall–Kier alpha value is -2.21. The molecule has 112 valence electrons. The van der Waals surface area contributed by atoms with Crippen molar-refractivity contribution in [3.8, 4) is 5.75 Å². The van der Waals surface area contributed by atoms with Crippen molar-refractivity contribution in [2.45, 2.75) is 6.54 Å². The Morgan fingerprint density at radius 1 is 1.29 bits per heavy atom. The Labute approximate surface area is 126 Å². The summed E-state index contributed by atoms with van der Waals surface area (Å²) in [6.07, 6.45) is 1.53. The molecule has 0 saturated carbocycles. The van der Waals surface area contributed by atoms with Crippen molar-refractivity contribution in [3.05, 3.63) is 55.8 Å². The van der Waals surface area contributed by atoms with Gasteiger partial charge in [0, 0.05) is 38.6 Å².